The first-order valence-corrected chi connectivity index (χ1v) is 12.1. The summed E-state index contributed by atoms with van der Waals surface area (Å²) in [5, 5.41) is 0. The van der Waals surface area contributed by atoms with Gasteiger partial charge in [0.1, 0.15) is 12.3 Å². The van der Waals surface area contributed by atoms with Crippen LogP contribution in [0.15, 0.2) is 41.5 Å². The molecule has 0 bridgehead atoms. The summed E-state index contributed by atoms with van der Waals surface area (Å²) in [5.74, 6) is -1.06. The van der Waals surface area contributed by atoms with Gasteiger partial charge in [-0.15, -0.1) is 0 Å². The molecule has 0 aromatic heterocycles. The van der Waals surface area contributed by atoms with E-state index in [1.54, 1.807) is 0 Å². The van der Waals surface area contributed by atoms with Crippen LogP contribution in [0.1, 0.15) is 44.7 Å². The van der Waals surface area contributed by atoms with Crippen molar-refractivity contribution in [3.8, 4) is 0 Å². The third-order valence-corrected chi connectivity index (χ3v) is 7.28. The van der Waals surface area contributed by atoms with E-state index in [0.29, 0.717) is 0 Å². The molecular weight excluding hydrogens is 374 g/mol. The fraction of sp³-hybridized carbons (Fsp3) is 0.444. The molecule has 6 nitrogen and oxygen atoms in total. The van der Waals surface area contributed by atoms with Crippen LogP contribution < -0.4 is 0 Å². The average molecular weight is 402 g/mol. The Morgan fingerprint density at radius 1 is 1.08 bits per heavy atom. The fourth-order valence-corrected chi connectivity index (χ4v) is 5.30. The van der Waals surface area contributed by atoms with Crippen LogP contribution in [0.2, 0.25) is 0 Å². The predicted octanol–water partition coefficient (Wildman–Crippen LogP) is 4.72. The number of hydrogen-bond acceptors (Lipinski definition) is 3. The van der Waals surface area contributed by atoms with E-state index in [2.05, 4.69) is 32.9 Å². The summed E-state index contributed by atoms with van der Waals surface area (Å²) in [6, 6.07) is 7.61. The highest BCUT2D eigenvalue weighted by molar-refractivity contribution is 7.72. The quantitative estimate of drug-likeness (QED) is 0.387. The number of hydrogen-bond donors (Lipinski definition) is 3. The molecule has 1 aromatic rings. The predicted molar refractivity (Wildman–Crippen MR) is 105 cm³/mol. The first-order valence-electron chi connectivity index (χ1n) is 8.29. The van der Waals surface area contributed by atoms with E-state index in [4.69, 9.17) is 14.5 Å². The molecule has 1 rings (SSSR count). The normalized spacial score (nSPS) is 14.8. The van der Waals surface area contributed by atoms with Crippen LogP contribution in [0.5, 0.6) is 0 Å². The van der Waals surface area contributed by atoms with Gasteiger partial charge in [0.05, 0.1) is 6.61 Å². The topological polar surface area (TPSA) is 104 Å². The number of benzene rings is 1. The van der Waals surface area contributed by atoms with Crippen LogP contribution in [-0.2, 0) is 20.5 Å². The molecule has 26 heavy (non-hydrogen) atoms. The maximum absolute atomic E-state index is 11.6. The van der Waals surface area contributed by atoms with Gasteiger partial charge < -0.3 is 19.4 Å². The zero-order valence-electron chi connectivity index (χ0n) is 15.5. The molecule has 0 saturated heterocycles. The molecule has 0 aliphatic rings. The first-order chi connectivity index (χ1) is 12.0. The molecule has 0 radical (unpaired) electrons. The Labute approximate surface area is 155 Å². The van der Waals surface area contributed by atoms with E-state index in [9.17, 15) is 14.0 Å². The van der Waals surface area contributed by atoms with Crippen molar-refractivity contribution in [3.05, 3.63) is 52.6 Å². The summed E-state index contributed by atoms with van der Waals surface area (Å²) in [6.45, 7) is 6.37. The Kier molecular flexibility index (Phi) is 9.18. The number of allylic oxidation sites excluding steroid dienone is 3. The molecule has 1 unspecified atom stereocenters. The Morgan fingerprint density at radius 3 is 2.23 bits per heavy atom. The van der Waals surface area contributed by atoms with Gasteiger partial charge in [-0.2, -0.15) is 0 Å². The molecule has 8 heteroatoms. The van der Waals surface area contributed by atoms with Crippen molar-refractivity contribution in [2.24, 2.45) is 0 Å². The summed E-state index contributed by atoms with van der Waals surface area (Å²) in [7, 11) is -8.53. The monoisotopic (exact) mass is 402 g/mol. The van der Waals surface area contributed by atoms with Crippen molar-refractivity contribution < 1.29 is 28.5 Å². The zero-order chi connectivity index (χ0) is 19.8. The number of ether oxygens (including phenoxy) is 1. The fourth-order valence-electron chi connectivity index (χ4n) is 2.29. The van der Waals surface area contributed by atoms with Gasteiger partial charge in [-0.1, -0.05) is 47.6 Å². The smallest absolute Gasteiger partial charge is 0.335 e. The molecule has 1 atom stereocenters. The Balaban J connectivity index is 2.51. The lowest BCUT2D eigenvalue weighted by Gasteiger charge is -2.13. The summed E-state index contributed by atoms with van der Waals surface area (Å²) in [6.07, 6.45) is 5.77. The van der Waals surface area contributed by atoms with Gasteiger partial charge in [0.15, 0.2) is 0 Å². The van der Waals surface area contributed by atoms with Crippen molar-refractivity contribution in [1.29, 1.82) is 0 Å². The molecule has 146 valence electrons. The second-order valence-electron chi connectivity index (χ2n) is 6.68. The zero-order valence-corrected chi connectivity index (χ0v) is 17.2. The minimum atomic E-state index is -4.54. The van der Waals surface area contributed by atoms with Crippen LogP contribution >= 0.6 is 15.0 Å². The second-order valence-corrected chi connectivity index (χ2v) is 11.1. The Bertz CT molecular complexity index is 727. The summed E-state index contributed by atoms with van der Waals surface area (Å²) in [5.41, 5.74) is 4.49. The van der Waals surface area contributed by atoms with Crippen molar-refractivity contribution >= 4 is 21.0 Å². The minimum Gasteiger partial charge on any atom is -0.367 e. The van der Waals surface area contributed by atoms with Gasteiger partial charge in [-0.25, -0.2) is 0 Å². The molecule has 0 heterocycles. The molecule has 0 fully saturated rings. The Hall–Kier alpha value is -1.00. The SMILES string of the molecule is CC(C)=CCCC(C)=Cc1ccc(COCP(=O)(O)CP(=O)(O)O)cc1. The summed E-state index contributed by atoms with van der Waals surface area (Å²) >= 11 is 0. The van der Waals surface area contributed by atoms with E-state index in [1.165, 1.54) is 11.1 Å². The summed E-state index contributed by atoms with van der Waals surface area (Å²) in [4.78, 5) is 27.0. The van der Waals surface area contributed by atoms with Gasteiger partial charge in [-0.05, 0) is 44.7 Å². The van der Waals surface area contributed by atoms with Gasteiger partial charge in [0, 0.05) is 0 Å². The van der Waals surface area contributed by atoms with Crippen molar-refractivity contribution in [1.82, 2.24) is 0 Å². The maximum atomic E-state index is 11.6. The van der Waals surface area contributed by atoms with Crippen LogP contribution in [-0.4, -0.2) is 26.9 Å². The highest BCUT2D eigenvalue weighted by atomic mass is 31.2. The van der Waals surface area contributed by atoms with Crippen LogP contribution in [0.3, 0.4) is 0 Å². The Morgan fingerprint density at radius 2 is 1.69 bits per heavy atom. The lowest BCUT2D eigenvalue weighted by atomic mass is 10.1. The third kappa shape index (κ3) is 10.9. The molecule has 3 N–H and O–H groups in total. The van der Waals surface area contributed by atoms with E-state index >= 15 is 0 Å². The standard InChI is InChI=1S/C18H28O6P2/c1-15(2)5-4-6-16(3)11-17-7-9-18(10-8-17)12-24-13-25(19,20)14-26(21,22)23/h5,7-11H,4,6,12-14H2,1-3H3,(H,19,20)(H2,21,22,23). The first kappa shape index (κ1) is 23.0. The van der Waals surface area contributed by atoms with E-state index in [-0.39, 0.29) is 6.61 Å². The van der Waals surface area contributed by atoms with Crippen molar-refractivity contribution in [3.63, 3.8) is 0 Å². The maximum Gasteiger partial charge on any atom is 0.335 e. The van der Waals surface area contributed by atoms with Crippen LogP contribution in [0.4, 0.5) is 0 Å². The molecule has 0 spiro atoms. The minimum absolute atomic E-state index is 0.106. The summed E-state index contributed by atoms with van der Waals surface area (Å²) < 4.78 is 27.6. The molecule has 0 aliphatic carbocycles. The molecule has 1 aromatic carbocycles. The third-order valence-electron chi connectivity index (χ3n) is 3.45. The van der Waals surface area contributed by atoms with Crippen molar-refractivity contribution in [2.45, 2.75) is 40.2 Å². The van der Waals surface area contributed by atoms with Crippen LogP contribution in [0, 0.1) is 0 Å². The van der Waals surface area contributed by atoms with Gasteiger partial charge in [-0.3, -0.25) is 9.13 Å². The molecule has 0 aliphatic heterocycles. The van der Waals surface area contributed by atoms with Gasteiger partial charge in [0.2, 0.25) is 7.37 Å². The van der Waals surface area contributed by atoms with E-state index in [1.807, 2.05) is 24.3 Å². The second kappa shape index (κ2) is 10.4. The van der Waals surface area contributed by atoms with Gasteiger partial charge in [0.25, 0.3) is 0 Å². The molecule has 0 amide bonds. The highest BCUT2D eigenvalue weighted by Gasteiger charge is 2.29. The van der Waals surface area contributed by atoms with Crippen LogP contribution in [0.25, 0.3) is 6.08 Å². The van der Waals surface area contributed by atoms with E-state index in [0.717, 1.165) is 24.0 Å². The average Bonchev–Trinajstić information content (AvgIpc) is 2.46. The lowest BCUT2D eigenvalue weighted by molar-refractivity contribution is 0.155. The lowest BCUT2D eigenvalue weighted by Crippen LogP contribution is -2.00. The van der Waals surface area contributed by atoms with Gasteiger partial charge >= 0.3 is 7.60 Å². The largest absolute Gasteiger partial charge is 0.367 e. The molecule has 0 saturated carbocycles. The molecular formula is C18H28O6P2. The number of rotatable bonds is 10. The van der Waals surface area contributed by atoms with Crippen molar-refractivity contribution in [2.75, 3.05) is 12.3 Å². The highest BCUT2D eigenvalue weighted by Crippen LogP contribution is 2.54. The van der Waals surface area contributed by atoms with E-state index < -0.39 is 27.2 Å².